The minimum atomic E-state index is -5.19. The fourth-order valence-electron chi connectivity index (χ4n) is 9.10. The summed E-state index contributed by atoms with van der Waals surface area (Å²) in [5, 5.41) is 11.2. The number of thiophene rings is 2. The Labute approximate surface area is 435 Å². The molecule has 0 saturated heterocycles. The lowest BCUT2D eigenvalue weighted by Gasteiger charge is -2.25. The predicted octanol–water partition coefficient (Wildman–Crippen LogP) is 14.4. The first kappa shape index (κ1) is 49.3. The van der Waals surface area contributed by atoms with Crippen molar-refractivity contribution < 1.29 is 37.1 Å². The van der Waals surface area contributed by atoms with E-state index in [2.05, 4.69) is 168 Å². The lowest BCUT2D eigenvalue weighted by molar-refractivity contribution is -0.344. The van der Waals surface area contributed by atoms with Gasteiger partial charge in [0.2, 0.25) is 7.14 Å². The van der Waals surface area contributed by atoms with Crippen LogP contribution in [0, 0.1) is 5.92 Å². The number of nitrogens with zero attached hydrogens (tertiary/aromatic N) is 2. The van der Waals surface area contributed by atoms with Crippen LogP contribution in [-0.4, -0.2) is 26.4 Å². The van der Waals surface area contributed by atoms with Crippen LogP contribution in [0.15, 0.2) is 231 Å². The maximum Gasteiger partial charge on any atom is 0.430 e. The topological polar surface area (TPSA) is 82.1 Å². The Morgan fingerprint density at radius 3 is 1.11 bits per heavy atom. The smallest absolute Gasteiger partial charge is 0.430 e. The van der Waals surface area contributed by atoms with Crippen LogP contribution in [0.3, 0.4) is 0 Å². The number of anilines is 6. The first-order chi connectivity index (χ1) is 36.0. The van der Waals surface area contributed by atoms with E-state index in [9.17, 15) is 13.2 Å². The van der Waals surface area contributed by atoms with Gasteiger partial charge >= 0.3 is 6.18 Å². The van der Waals surface area contributed by atoms with Crippen LogP contribution in [0.5, 0.6) is 11.5 Å². The van der Waals surface area contributed by atoms with Gasteiger partial charge in [0.25, 0.3) is 0 Å². The predicted molar refractivity (Wildman–Crippen MR) is 293 cm³/mol. The van der Waals surface area contributed by atoms with E-state index < -0.39 is 19.3 Å². The molecule has 0 atom stereocenters. The molecule has 8 aromatic carbocycles. The number of benzene rings is 8. The summed E-state index contributed by atoms with van der Waals surface area (Å²) in [6.45, 7) is 0. The van der Waals surface area contributed by atoms with Crippen LogP contribution >= 0.6 is 29.8 Å². The van der Waals surface area contributed by atoms with E-state index in [1.54, 1.807) is 36.9 Å². The van der Waals surface area contributed by atoms with Crippen molar-refractivity contribution in [2.24, 2.45) is 0 Å². The molecule has 0 unspecified atom stereocenters. The number of ether oxygens (including phenoxy) is 2. The molecule has 1 aliphatic rings. The van der Waals surface area contributed by atoms with Gasteiger partial charge in [-0.1, -0.05) is 115 Å². The molecule has 1 aliphatic heterocycles. The van der Waals surface area contributed by atoms with Gasteiger partial charge in [0.15, 0.2) is 17.1 Å². The molecule has 0 bridgehead atoms. The van der Waals surface area contributed by atoms with Crippen molar-refractivity contribution in [3.05, 3.63) is 252 Å². The Balaban J connectivity index is 0.000000837. The summed E-state index contributed by atoms with van der Waals surface area (Å²) in [6.07, 6.45) is -5.19. The van der Waals surface area contributed by atoms with Crippen LogP contribution in [0.1, 0.15) is 15.3 Å². The maximum atomic E-state index is 16.7. The van der Waals surface area contributed by atoms with Crippen molar-refractivity contribution in [3.63, 3.8) is 0 Å². The molecule has 0 N–H and O–H groups in total. The summed E-state index contributed by atoms with van der Waals surface area (Å²) >= 11 is 3.34. The van der Waals surface area contributed by atoms with Gasteiger partial charge in [0.1, 0.15) is 21.6 Å². The number of halogens is 3. The zero-order chi connectivity index (χ0) is 51.4. The third-order valence-electron chi connectivity index (χ3n) is 12.5. The molecule has 366 valence electrons. The highest BCUT2D eigenvalue weighted by molar-refractivity contribution is 7.86. The molecule has 0 radical (unpaired) electrons. The zero-order valence-electron chi connectivity index (χ0n) is 39.8. The first-order valence-electron chi connectivity index (χ1n) is 23.3. The second kappa shape index (κ2) is 21.1. The van der Waals surface area contributed by atoms with Gasteiger partial charge in [-0.3, -0.25) is 4.57 Å². The van der Waals surface area contributed by atoms with Crippen LogP contribution in [0.2, 0.25) is 0 Å². The quantitative estimate of drug-likeness (QED) is 0.0890. The van der Waals surface area contributed by atoms with E-state index in [0.29, 0.717) is 11.5 Å². The summed E-state index contributed by atoms with van der Waals surface area (Å²) in [7, 11) is -0.0628. The van der Waals surface area contributed by atoms with Gasteiger partial charge in [-0.05, 0) is 102 Å². The summed E-state index contributed by atoms with van der Waals surface area (Å²) in [5.74, 6) is -0.677. The monoisotopic (exact) mass is 1040 g/mol. The zero-order valence-corrected chi connectivity index (χ0v) is 42.3. The molecular weight excluding hydrogens is 993 g/mol. The van der Waals surface area contributed by atoms with Gasteiger partial charge in [-0.15, -0.1) is 22.7 Å². The van der Waals surface area contributed by atoms with Crippen molar-refractivity contribution in [1.82, 2.24) is 0 Å². The van der Waals surface area contributed by atoms with Gasteiger partial charge in [-0.25, -0.2) is 0 Å². The first-order valence-corrected chi connectivity index (χ1v) is 26.6. The average Bonchev–Trinajstić information content (AvgIpc) is 4.11. The minimum Gasteiger partial charge on any atom is -0.542 e. The lowest BCUT2D eigenvalue weighted by Crippen LogP contribution is -2.37. The number of carbonyl (C=O) groups is 1. The number of hydrogen-bond donors (Lipinski definition) is 0. The Morgan fingerprint density at radius 1 is 0.486 bits per heavy atom. The van der Waals surface area contributed by atoms with E-state index in [1.165, 1.54) is 0 Å². The molecular formula is C61H44F3N2O5PS2. The minimum absolute atomic E-state index is 0.685. The number of fused-ring (bicyclic) bond motifs is 2. The van der Waals surface area contributed by atoms with Crippen LogP contribution in [-0.2, 0) is 9.36 Å². The molecule has 2 aromatic heterocycles. The highest BCUT2D eigenvalue weighted by Crippen LogP contribution is 2.59. The van der Waals surface area contributed by atoms with E-state index in [0.717, 1.165) is 92.2 Å². The van der Waals surface area contributed by atoms with Crippen molar-refractivity contribution in [1.29, 1.82) is 0 Å². The fraction of sp³-hybridized carbons (Fsp3) is 0.0492. The molecule has 11 rings (SSSR count). The van der Waals surface area contributed by atoms with Crippen molar-refractivity contribution >= 4 is 85.8 Å². The summed E-state index contributed by atoms with van der Waals surface area (Å²) < 4.78 is 60.5. The van der Waals surface area contributed by atoms with Gasteiger partial charge in [-0.2, -0.15) is 13.2 Å². The Hall–Kier alpha value is -8.28. The SMILES string of the molecule is COc1cccc(OC)c1[C+]1c2sc(-c3ccc(N(c4ccccc4)c4ccccc4)cc3)cc2P(=O)(c2ccccc2)c2cc(-c3ccc(N(c4ccccc4)c4ccccc4)cc3)sc21.O=C([O-])C(F)(F)F. The van der Waals surface area contributed by atoms with Gasteiger partial charge < -0.3 is 29.2 Å². The lowest BCUT2D eigenvalue weighted by atomic mass is 9.93. The molecule has 10 aromatic rings. The standard InChI is InChI=1S/C59H44N2O3PS2.C2HF3O2/c1-63-50-29-18-30-51(64-2)56(50)57-58-52(39-54(66-58)41-31-35-47(36-32-41)60(43-19-8-3-9-20-43)44-21-10-4-11-22-44)65(62,49-27-16-7-17-28-49)53-40-55(67-59(53)57)42-33-37-48(38-34-42)61(45-23-12-5-13-24-45)46-25-14-6-15-26-46;3-2(4,5)1(6)7/h3-40H,1-2H3;(H,6,7)/q+1;/p-1. The number of aliphatic carboxylic acids is 1. The van der Waals surface area contributed by atoms with Gasteiger partial charge in [0, 0.05) is 73.4 Å². The van der Waals surface area contributed by atoms with E-state index in [4.69, 9.17) is 19.4 Å². The van der Waals surface area contributed by atoms with Crippen molar-refractivity contribution in [2.75, 3.05) is 24.0 Å². The van der Waals surface area contributed by atoms with Crippen molar-refractivity contribution in [2.45, 2.75) is 6.18 Å². The molecule has 13 heteroatoms. The van der Waals surface area contributed by atoms with Gasteiger partial charge in [0.05, 0.1) is 24.8 Å². The highest BCUT2D eigenvalue weighted by Gasteiger charge is 2.52. The average molecular weight is 1040 g/mol. The largest absolute Gasteiger partial charge is 0.542 e. The van der Waals surface area contributed by atoms with E-state index in [1.807, 2.05) is 72.8 Å². The Morgan fingerprint density at radius 2 is 0.797 bits per heavy atom. The second-order valence-electron chi connectivity index (χ2n) is 16.9. The number of carboxylic acid groups (broad SMARTS) is 1. The van der Waals surface area contributed by atoms with Crippen LogP contribution < -0.4 is 40.3 Å². The van der Waals surface area contributed by atoms with Crippen LogP contribution in [0.25, 0.3) is 20.9 Å². The summed E-state index contributed by atoms with van der Waals surface area (Å²) in [6, 6.07) is 79.4. The van der Waals surface area contributed by atoms with Crippen LogP contribution in [0.4, 0.5) is 47.3 Å². The Bertz CT molecular complexity index is 3300. The molecule has 0 saturated carbocycles. The number of alkyl halides is 3. The maximum absolute atomic E-state index is 16.7. The summed E-state index contributed by atoms with van der Waals surface area (Å²) in [5.41, 5.74) is 9.30. The number of hydrogen-bond acceptors (Lipinski definition) is 9. The summed E-state index contributed by atoms with van der Waals surface area (Å²) in [4.78, 5) is 17.3. The third kappa shape index (κ3) is 9.58. The molecule has 7 nitrogen and oxygen atoms in total. The number of para-hydroxylation sites is 4. The number of rotatable bonds is 12. The van der Waals surface area contributed by atoms with Crippen molar-refractivity contribution in [3.8, 4) is 32.4 Å². The third-order valence-corrected chi connectivity index (χ3v) is 18.3. The molecule has 0 amide bonds. The van der Waals surface area contributed by atoms with E-state index >= 15 is 4.57 Å². The molecule has 74 heavy (non-hydrogen) atoms. The Kier molecular flexibility index (Phi) is 14.0. The second-order valence-corrected chi connectivity index (χ2v) is 21.7. The normalized spacial score (nSPS) is 12.4. The number of carboxylic acids is 1. The van der Waals surface area contributed by atoms with E-state index in [-0.39, 0.29) is 0 Å². The molecule has 0 aliphatic carbocycles. The molecule has 0 spiro atoms. The fourth-order valence-corrected chi connectivity index (χ4v) is 15.4. The number of carbonyl (C=O) groups excluding carboxylic acids is 1. The molecule has 0 fully saturated rings. The highest BCUT2D eigenvalue weighted by atomic mass is 32.1. The molecule has 3 heterocycles. The number of methoxy groups -OCH3 is 2.